The lowest BCUT2D eigenvalue weighted by atomic mass is 10.1. The Morgan fingerprint density at radius 2 is 1.79 bits per heavy atom. The van der Waals surface area contributed by atoms with Gasteiger partial charge >= 0.3 is 0 Å². The highest BCUT2D eigenvalue weighted by Gasteiger charge is 2.20. The normalized spacial score (nSPS) is 11.8. The van der Waals surface area contributed by atoms with E-state index >= 15 is 0 Å². The van der Waals surface area contributed by atoms with Crippen molar-refractivity contribution < 1.29 is 21.7 Å². The number of rotatable bonds is 6. The first-order valence-corrected chi connectivity index (χ1v) is 8.47. The van der Waals surface area contributed by atoms with Crippen molar-refractivity contribution in [2.75, 3.05) is 21.3 Å². The lowest BCUT2D eigenvalue weighted by Gasteiger charge is -2.13. The third kappa shape index (κ3) is 2.87. The van der Waals surface area contributed by atoms with E-state index in [4.69, 9.17) is 17.0 Å². The molecule has 0 atom stereocenters. The molecule has 0 bridgehead atoms. The quantitative estimate of drug-likeness (QED) is 0.497. The average Bonchev–Trinajstić information content (AvgIpc) is 3.30. The van der Waals surface area contributed by atoms with E-state index in [9.17, 15) is 4.79 Å². The van der Waals surface area contributed by atoms with Gasteiger partial charge in [-0.1, -0.05) is 18.2 Å². The number of hydrogen-bond donors (Lipinski definition) is 2. The van der Waals surface area contributed by atoms with Gasteiger partial charge in [0.05, 0.1) is 30.2 Å². The highest BCUT2D eigenvalue weighted by Crippen LogP contribution is 2.38. The van der Waals surface area contributed by atoms with Gasteiger partial charge in [0, 0.05) is 28.2 Å². The number of carbonyl (C=O) groups excluding carboxylic acids is 1. The van der Waals surface area contributed by atoms with Gasteiger partial charge in [0.25, 0.3) is 0 Å². The highest BCUT2D eigenvalue weighted by atomic mass is 16.5. The minimum atomic E-state index is -0.454. The molecule has 0 spiro atoms. The Morgan fingerprint density at radius 3 is 2.46 bits per heavy atom. The van der Waals surface area contributed by atoms with E-state index < -0.39 is 5.78 Å². The molecule has 7 heteroatoms. The number of imidazole rings is 1. The molecule has 0 radical (unpaired) electrons. The largest absolute Gasteiger partial charge is 0.493 e. The number of benzene rings is 2. The van der Waals surface area contributed by atoms with Gasteiger partial charge in [0.1, 0.15) is 11.5 Å². The van der Waals surface area contributed by atoms with Crippen molar-refractivity contribution in [3.05, 3.63) is 60.0 Å². The number of aromatic amines is 2. The van der Waals surface area contributed by atoms with Gasteiger partial charge in [-0.15, -0.1) is 0 Å². The van der Waals surface area contributed by atoms with E-state index in [0.717, 1.165) is 10.9 Å². The van der Waals surface area contributed by atoms with Crippen molar-refractivity contribution >= 4 is 16.7 Å². The molecule has 0 aliphatic rings. The van der Waals surface area contributed by atoms with Crippen LogP contribution in [0.1, 0.15) is 18.8 Å². The third-order valence-corrected chi connectivity index (χ3v) is 4.43. The molecule has 2 heterocycles. The SMILES string of the molecule is [2H]c1nc(-c2c([2H])[nH]c3ccccc23)[nH]c1C(=O)c1cc(OC)c(OC)c(OC)c1. The van der Waals surface area contributed by atoms with Crippen LogP contribution >= 0.6 is 0 Å². The van der Waals surface area contributed by atoms with E-state index in [0.29, 0.717) is 22.8 Å². The second-order valence-electron chi connectivity index (χ2n) is 5.99. The molecule has 2 N–H and O–H groups in total. The number of fused-ring (bicyclic) bond motifs is 1. The van der Waals surface area contributed by atoms with Crippen LogP contribution in [0.3, 0.4) is 0 Å². The number of methoxy groups -OCH3 is 3. The number of hydrogen-bond acceptors (Lipinski definition) is 5. The molecule has 4 rings (SSSR count). The summed E-state index contributed by atoms with van der Waals surface area (Å²) in [5, 5.41) is 0.781. The second-order valence-corrected chi connectivity index (χ2v) is 5.99. The van der Waals surface area contributed by atoms with Gasteiger partial charge in [-0.2, -0.15) is 0 Å². The average molecular weight is 379 g/mol. The Hall–Kier alpha value is -3.74. The van der Waals surface area contributed by atoms with Crippen molar-refractivity contribution in [2.45, 2.75) is 0 Å². The van der Waals surface area contributed by atoms with E-state index in [1.54, 1.807) is 0 Å². The molecular formula is C21H19N3O4. The van der Waals surface area contributed by atoms with Crippen LogP contribution in [0.25, 0.3) is 22.3 Å². The lowest BCUT2D eigenvalue weighted by molar-refractivity contribution is 0.103. The number of nitrogens with one attached hydrogen (secondary N) is 2. The highest BCUT2D eigenvalue weighted by molar-refractivity contribution is 6.09. The van der Waals surface area contributed by atoms with Gasteiger partial charge < -0.3 is 24.2 Å². The van der Waals surface area contributed by atoms with Crippen LogP contribution in [0.15, 0.2) is 48.7 Å². The number of H-pyrrole nitrogens is 2. The van der Waals surface area contributed by atoms with E-state index in [1.165, 1.54) is 33.5 Å². The third-order valence-electron chi connectivity index (χ3n) is 4.43. The van der Waals surface area contributed by atoms with Gasteiger partial charge in [0.15, 0.2) is 11.5 Å². The Bertz CT molecular complexity index is 1240. The predicted molar refractivity (Wildman–Crippen MR) is 105 cm³/mol. The molecule has 2 aromatic carbocycles. The van der Waals surface area contributed by atoms with Crippen LogP contribution in [0.5, 0.6) is 17.2 Å². The lowest BCUT2D eigenvalue weighted by Crippen LogP contribution is -2.04. The van der Waals surface area contributed by atoms with Gasteiger partial charge in [-0.3, -0.25) is 4.79 Å². The number of aromatic nitrogens is 3. The zero-order valence-electron chi connectivity index (χ0n) is 17.5. The molecular weight excluding hydrogens is 358 g/mol. The number of para-hydroxylation sites is 1. The maximum Gasteiger partial charge on any atom is 0.211 e. The summed E-state index contributed by atoms with van der Waals surface area (Å²) in [4.78, 5) is 23.2. The molecule has 7 nitrogen and oxygen atoms in total. The van der Waals surface area contributed by atoms with Crippen LogP contribution < -0.4 is 14.2 Å². The fourth-order valence-corrected chi connectivity index (χ4v) is 3.06. The van der Waals surface area contributed by atoms with Crippen LogP contribution in [-0.4, -0.2) is 42.1 Å². The van der Waals surface area contributed by atoms with Crippen molar-refractivity contribution in [1.82, 2.24) is 15.0 Å². The summed E-state index contributed by atoms with van der Waals surface area (Å²) in [5.74, 6) is 0.848. The first kappa shape index (κ1) is 15.3. The van der Waals surface area contributed by atoms with Crippen molar-refractivity contribution in [3.63, 3.8) is 0 Å². The Balaban J connectivity index is 1.80. The maximum absolute atomic E-state index is 13.1. The monoisotopic (exact) mass is 379 g/mol. The van der Waals surface area contributed by atoms with Crippen LogP contribution in [0.2, 0.25) is 0 Å². The van der Waals surface area contributed by atoms with Gasteiger partial charge in [-0.05, 0) is 18.2 Å². The zero-order chi connectivity index (χ0) is 21.4. The minimum absolute atomic E-state index is 0.00366. The summed E-state index contributed by atoms with van der Waals surface area (Å²) in [6, 6.07) is 10.5. The van der Waals surface area contributed by atoms with Crippen molar-refractivity contribution in [1.29, 1.82) is 0 Å². The topological polar surface area (TPSA) is 89.2 Å². The summed E-state index contributed by atoms with van der Waals surface area (Å²) in [7, 11) is 4.40. The molecule has 4 aromatic rings. The number of ketones is 1. The van der Waals surface area contributed by atoms with Gasteiger partial charge in [0.2, 0.25) is 11.5 Å². The fraction of sp³-hybridized carbons (Fsp3) is 0.143. The summed E-state index contributed by atoms with van der Waals surface area (Å²) in [6.07, 6.45) is -0.0647. The molecule has 0 unspecified atom stereocenters. The predicted octanol–water partition coefficient (Wildman–Crippen LogP) is 3.81. The van der Waals surface area contributed by atoms with Crippen molar-refractivity contribution in [3.8, 4) is 28.6 Å². The number of carbonyl (C=O) groups is 1. The first-order valence-electron chi connectivity index (χ1n) is 9.47. The number of nitrogens with zero attached hydrogens (tertiary/aromatic N) is 1. The smallest absolute Gasteiger partial charge is 0.211 e. The molecule has 0 saturated heterocycles. The van der Waals surface area contributed by atoms with Crippen molar-refractivity contribution in [2.24, 2.45) is 0 Å². The molecule has 0 aliphatic heterocycles. The fourth-order valence-electron chi connectivity index (χ4n) is 3.06. The van der Waals surface area contributed by atoms with E-state index in [2.05, 4.69) is 15.0 Å². The molecule has 0 fully saturated rings. The first-order chi connectivity index (χ1) is 14.5. The van der Waals surface area contributed by atoms with Crippen LogP contribution in [0, 0.1) is 0 Å². The summed E-state index contributed by atoms with van der Waals surface area (Å²) in [6.45, 7) is 0. The summed E-state index contributed by atoms with van der Waals surface area (Å²) in [5.41, 5.74) is 1.53. The molecule has 142 valence electrons. The Labute approximate surface area is 164 Å². The molecule has 0 amide bonds. The van der Waals surface area contributed by atoms with Gasteiger partial charge in [-0.25, -0.2) is 4.98 Å². The minimum Gasteiger partial charge on any atom is -0.493 e. The Kier molecular flexibility index (Phi) is 3.89. The zero-order valence-corrected chi connectivity index (χ0v) is 15.5. The van der Waals surface area contributed by atoms with Crippen LogP contribution in [0.4, 0.5) is 0 Å². The molecule has 2 aromatic heterocycles. The summed E-state index contributed by atoms with van der Waals surface area (Å²) >= 11 is 0. The Morgan fingerprint density at radius 1 is 1.07 bits per heavy atom. The summed E-state index contributed by atoms with van der Waals surface area (Å²) < 4.78 is 32.3. The maximum atomic E-state index is 13.1. The van der Waals surface area contributed by atoms with E-state index in [-0.39, 0.29) is 29.4 Å². The number of ether oxygens (including phenoxy) is 3. The molecule has 28 heavy (non-hydrogen) atoms. The van der Waals surface area contributed by atoms with E-state index in [1.807, 2.05) is 24.3 Å². The van der Waals surface area contributed by atoms with Crippen LogP contribution in [-0.2, 0) is 0 Å². The molecule has 0 aliphatic carbocycles. The standard InChI is InChI=1S/C21H19N3O4/c1-26-17-8-12(9-18(27-2)20(17)28-3)19(25)16-11-23-21(24-16)14-10-22-15-7-5-4-6-13(14)15/h4-11,22H,1-3H3,(H,23,24)/i10D,11D. The molecule has 0 saturated carbocycles. The second kappa shape index (κ2) is 7.11.